The average molecular weight is 393 g/mol. The highest BCUT2D eigenvalue weighted by molar-refractivity contribution is 6.28. The number of fused-ring (bicyclic) bond motifs is 3. The van der Waals surface area contributed by atoms with E-state index in [1.807, 2.05) is 36.4 Å². The molecule has 5 aromatic rings. The zero-order valence-electron chi connectivity index (χ0n) is 15.2. The number of aromatic nitrogens is 3. The van der Waals surface area contributed by atoms with Gasteiger partial charge in [-0.05, 0) is 63.5 Å². The molecule has 0 bridgehead atoms. The number of nitrogens with zero attached hydrogens (tertiary/aromatic N) is 4. The van der Waals surface area contributed by atoms with E-state index in [-0.39, 0.29) is 5.28 Å². The van der Waals surface area contributed by atoms with Crippen LogP contribution in [0.25, 0.3) is 44.3 Å². The van der Waals surface area contributed by atoms with Crippen molar-refractivity contribution in [3.05, 3.63) is 89.7 Å². The summed E-state index contributed by atoms with van der Waals surface area (Å²) in [6.07, 6.45) is 0. The molecule has 29 heavy (non-hydrogen) atoms. The summed E-state index contributed by atoms with van der Waals surface area (Å²) in [6, 6.07) is 27.7. The van der Waals surface area contributed by atoms with Gasteiger partial charge in [-0.2, -0.15) is 15.2 Å². The Kier molecular flexibility index (Phi) is 4.16. The highest BCUT2D eigenvalue weighted by Gasteiger charge is 2.14. The van der Waals surface area contributed by atoms with Gasteiger partial charge in [0.1, 0.15) is 0 Å². The number of halogens is 1. The minimum Gasteiger partial charge on any atom is -0.208 e. The van der Waals surface area contributed by atoms with Gasteiger partial charge in [0.05, 0.1) is 11.6 Å². The van der Waals surface area contributed by atoms with Crippen LogP contribution in [0.3, 0.4) is 0 Å². The fraction of sp³-hybridized carbons (Fsp3) is 0. The average Bonchev–Trinajstić information content (AvgIpc) is 2.78. The van der Waals surface area contributed by atoms with Crippen molar-refractivity contribution in [3.63, 3.8) is 0 Å². The van der Waals surface area contributed by atoms with Crippen molar-refractivity contribution in [2.24, 2.45) is 0 Å². The van der Waals surface area contributed by atoms with E-state index in [1.165, 1.54) is 5.39 Å². The molecule has 5 rings (SSSR count). The lowest BCUT2D eigenvalue weighted by Crippen LogP contribution is -1.98. The smallest absolute Gasteiger partial charge is 0.208 e. The van der Waals surface area contributed by atoms with Crippen molar-refractivity contribution in [3.8, 4) is 28.8 Å². The van der Waals surface area contributed by atoms with E-state index in [2.05, 4.69) is 46.4 Å². The van der Waals surface area contributed by atoms with Crippen molar-refractivity contribution in [1.82, 2.24) is 15.0 Å². The molecule has 0 saturated carbocycles. The molecule has 0 fully saturated rings. The first-order valence-electron chi connectivity index (χ1n) is 9.06. The van der Waals surface area contributed by atoms with Gasteiger partial charge >= 0.3 is 0 Å². The molecule has 1 aromatic heterocycles. The Morgan fingerprint density at radius 1 is 0.690 bits per heavy atom. The Labute approximate surface area is 172 Å². The molecule has 0 radical (unpaired) electrons. The number of benzene rings is 4. The molecule has 0 N–H and O–H groups in total. The summed E-state index contributed by atoms with van der Waals surface area (Å²) in [5.41, 5.74) is 2.26. The van der Waals surface area contributed by atoms with Crippen molar-refractivity contribution in [2.45, 2.75) is 0 Å². The number of nitriles is 1. The molecule has 0 aliphatic carbocycles. The lowest BCUT2D eigenvalue weighted by Gasteiger charge is -2.11. The van der Waals surface area contributed by atoms with Gasteiger partial charge in [0.2, 0.25) is 5.28 Å². The van der Waals surface area contributed by atoms with E-state index in [0.29, 0.717) is 17.2 Å². The van der Waals surface area contributed by atoms with Crippen LogP contribution in [0.5, 0.6) is 0 Å². The molecular weight excluding hydrogens is 380 g/mol. The van der Waals surface area contributed by atoms with E-state index in [1.54, 1.807) is 12.1 Å². The fourth-order valence-electron chi connectivity index (χ4n) is 3.53. The molecule has 4 aromatic carbocycles. The minimum absolute atomic E-state index is 0.131. The van der Waals surface area contributed by atoms with Crippen LogP contribution in [0.1, 0.15) is 5.56 Å². The van der Waals surface area contributed by atoms with Crippen LogP contribution < -0.4 is 0 Å². The Hall–Kier alpha value is -3.81. The summed E-state index contributed by atoms with van der Waals surface area (Å²) in [5.74, 6) is 0.994. The van der Waals surface area contributed by atoms with Crippen LogP contribution in [0.4, 0.5) is 0 Å². The van der Waals surface area contributed by atoms with E-state index in [0.717, 1.165) is 27.3 Å². The standard InChI is InChI=1S/C24H13ClN4/c25-24-28-22(16-11-9-15(14-26)10-12-16)27-23(29-24)21-13-17-5-1-2-6-18(17)19-7-3-4-8-20(19)21/h1-13H. The second-order valence-electron chi connectivity index (χ2n) is 6.63. The minimum atomic E-state index is 0.131. The fourth-order valence-corrected chi connectivity index (χ4v) is 3.69. The summed E-state index contributed by atoms with van der Waals surface area (Å²) in [7, 11) is 0. The predicted molar refractivity (Wildman–Crippen MR) is 115 cm³/mol. The maximum atomic E-state index is 9.01. The van der Waals surface area contributed by atoms with Gasteiger partial charge in [-0.1, -0.05) is 48.5 Å². The predicted octanol–water partition coefficient (Wildman–Crippen LogP) is 6.04. The van der Waals surface area contributed by atoms with E-state index in [4.69, 9.17) is 21.8 Å². The lowest BCUT2D eigenvalue weighted by molar-refractivity contribution is 1.07. The highest BCUT2D eigenvalue weighted by Crippen LogP contribution is 2.34. The molecule has 1 heterocycles. The molecule has 0 atom stereocenters. The number of hydrogen-bond acceptors (Lipinski definition) is 4. The third-order valence-electron chi connectivity index (χ3n) is 4.89. The Morgan fingerprint density at radius 2 is 1.34 bits per heavy atom. The number of hydrogen-bond donors (Lipinski definition) is 0. The third-order valence-corrected chi connectivity index (χ3v) is 5.06. The zero-order chi connectivity index (χ0) is 19.8. The molecule has 0 aliphatic rings. The van der Waals surface area contributed by atoms with Crippen molar-refractivity contribution in [2.75, 3.05) is 0 Å². The van der Waals surface area contributed by atoms with Crippen LogP contribution in [0.2, 0.25) is 5.28 Å². The molecular formula is C24H13ClN4. The van der Waals surface area contributed by atoms with E-state index in [9.17, 15) is 0 Å². The largest absolute Gasteiger partial charge is 0.226 e. The molecule has 0 spiro atoms. The highest BCUT2D eigenvalue weighted by atomic mass is 35.5. The second-order valence-corrected chi connectivity index (χ2v) is 6.97. The van der Waals surface area contributed by atoms with Gasteiger partial charge in [0, 0.05) is 11.1 Å². The molecule has 0 aliphatic heterocycles. The maximum absolute atomic E-state index is 9.01. The topological polar surface area (TPSA) is 62.5 Å². The van der Waals surface area contributed by atoms with Gasteiger partial charge in [-0.15, -0.1) is 0 Å². The van der Waals surface area contributed by atoms with Crippen LogP contribution in [-0.2, 0) is 0 Å². The summed E-state index contributed by atoms with van der Waals surface area (Å²) < 4.78 is 0. The molecule has 5 heteroatoms. The maximum Gasteiger partial charge on any atom is 0.226 e. The third kappa shape index (κ3) is 3.08. The quantitative estimate of drug-likeness (QED) is 0.344. The van der Waals surface area contributed by atoms with E-state index < -0.39 is 0 Å². The van der Waals surface area contributed by atoms with Crippen LogP contribution >= 0.6 is 11.6 Å². The van der Waals surface area contributed by atoms with Gasteiger partial charge in [0.25, 0.3) is 0 Å². The Bertz CT molecular complexity index is 1420. The van der Waals surface area contributed by atoms with Gasteiger partial charge in [-0.3, -0.25) is 0 Å². The summed E-state index contributed by atoms with van der Waals surface area (Å²) in [5, 5.41) is 13.6. The van der Waals surface area contributed by atoms with E-state index >= 15 is 0 Å². The Morgan fingerprint density at radius 3 is 2.10 bits per heavy atom. The zero-order valence-corrected chi connectivity index (χ0v) is 15.9. The summed E-state index contributed by atoms with van der Waals surface area (Å²) in [4.78, 5) is 13.4. The molecule has 0 amide bonds. The molecule has 0 unspecified atom stereocenters. The Balaban J connectivity index is 1.76. The van der Waals surface area contributed by atoms with Crippen molar-refractivity contribution < 1.29 is 0 Å². The molecule has 136 valence electrons. The summed E-state index contributed by atoms with van der Waals surface area (Å²) >= 11 is 6.26. The van der Waals surface area contributed by atoms with Crippen molar-refractivity contribution in [1.29, 1.82) is 5.26 Å². The van der Waals surface area contributed by atoms with Gasteiger partial charge in [0.15, 0.2) is 11.6 Å². The van der Waals surface area contributed by atoms with Gasteiger partial charge in [-0.25, -0.2) is 4.98 Å². The normalized spacial score (nSPS) is 10.9. The summed E-state index contributed by atoms with van der Waals surface area (Å²) in [6.45, 7) is 0. The van der Waals surface area contributed by atoms with Crippen LogP contribution in [-0.4, -0.2) is 15.0 Å². The number of rotatable bonds is 2. The van der Waals surface area contributed by atoms with Crippen molar-refractivity contribution >= 4 is 33.1 Å². The van der Waals surface area contributed by atoms with Crippen LogP contribution in [0, 0.1) is 11.3 Å². The molecule has 0 saturated heterocycles. The first-order chi connectivity index (χ1) is 14.2. The second kappa shape index (κ2) is 6.97. The van der Waals surface area contributed by atoms with Gasteiger partial charge < -0.3 is 0 Å². The lowest BCUT2D eigenvalue weighted by atomic mass is 9.97. The first-order valence-corrected chi connectivity index (χ1v) is 9.44. The SMILES string of the molecule is N#Cc1ccc(-c2nc(Cl)nc(-c3cc4ccccc4c4ccccc34)n2)cc1. The van der Waals surface area contributed by atoms with Crippen LogP contribution in [0.15, 0.2) is 78.9 Å². The monoisotopic (exact) mass is 392 g/mol. The molecule has 4 nitrogen and oxygen atoms in total. The first kappa shape index (κ1) is 17.3.